The number of carbonyl (C=O) groups is 3. The van der Waals surface area contributed by atoms with Gasteiger partial charge in [0.2, 0.25) is 5.91 Å². The Morgan fingerprint density at radius 2 is 1.71 bits per heavy atom. The van der Waals surface area contributed by atoms with Gasteiger partial charge in [-0.3, -0.25) is 14.4 Å². The van der Waals surface area contributed by atoms with E-state index in [2.05, 4.69) is 25.1 Å². The number of aromatic nitrogens is 2. The number of hydrogen-bond donors (Lipinski definition) is 2. The Morgan fingerprint density at radius 1 is 0.951 bits per heavy atom. The Bertz CT molecular complexity index is 1380. The van der Waals surface area contributed by atoms with E-state index in [1.807, 2.05) is 46.2 Å². The van der Waals surface area contributed by atoms with E-state index in [4.69, 9.17) is 4.74 Å². The van der Waals surface area contributed by atoms with Gasteiger partial charge in [0.15, 0.2) is 0 Å². The van der Waals surface area contributed by atoms with Gasteiger partial charge >= 0.3 is 0 Å². The first-order chi connectivity index (χ1) is 19.9. The average molecular weight is 578 g/mol. The number of anilines is 2. The summed E-state index contributed by atoms with van der Waals surface area (Å²) in [5, 5.41) is 10.4. The number of nitrogens with one attached hydrogen (secondary N) is 2. The number of amides is 3. The van der Waals surface area contributed by atoms with E-state index >= 15 is 0 Å². The molecule has 11 nitrogen and oxygen atoms in total. The predicted octanol–water partition coefficient (Wildman–Crippen LogP) is 2.43. The van der Waals surface area contributed by atoms with E-state index in [0.29, 0.717) is 61.1 Å². The second kappa shape index (κ2) is 13.1. The molecule has 2 aromatic carbocycles. The van der Waals surface area contributed by atoms with Gasteiger partial charge in [-0.25, -0.2) is 0 Å². The van der Waals surface area contributed by atoms with Crippen LogP contribution in [-0.4, -0.2) is 96.6 Å². The molecular weight excluding hydrogens is 542 g/mol. The summed E-state index contributed by atoms with van der Waals surface area (Å²) in [6, 6.07) is 12.9. The Kier molecular flexibility index (Phi) is 9.10. The molecule has 0 bridgehead atoms. The van der Waals surface area contributed by atoms with Crippen molar-refractivity contribution in [3.05, 3.63) is 64.2 Å². The van der Waals surface area contributed by atoms with E-state index in [-0.39, 0.29) is 24.1 Å². The molecule has 3 amide bonds. The largest absolute Gasteiger partial charge is 0.497 e. The van der Waals surface area contributed by atoms with Gasteiger partial charge in [-0.15, -0.1) is 5.10 Å². The molecule has 1 aromatic heterocycles. The third kappa shape index (κ3) is 6.83. The summed E-state index contributed by atoms with van der Waals surface area (Å²) >= 11 is 1.12. The lowest BCUT2D eigenvalue weighted by atomic mass is 10.1. The van der Waals surface area contributed by atoms with Gasteiger partial charge in [0.25, 0.3) is 11.8 Å². The van der Waals surface area contributed by atoms with Gasteiger partial charge in [-0.05, 0) is 67.3 Å². The zero-order valence-corrected chi connectivity index (χ0v) is 24.2. The summed E-state index contributed by atoms with van der Waals surface area (Å²) in [5.41, 5.74) is 3.45. The van der Waals surface area contributed by atoms with E-state index in [9.17, 15) is 14.4 Å². The van der Waals surface area contributed by atoms with Crippen molar-refractivity contribution in [2.24, 2.45) is 0 Å². The molecule has 0 atom stereocenters. The van der Waals surface area contributed by atoms with Crippen molar-refractivity contribution in [1.82, 2.24) is 24.7 Å². The van der Waals surface area contributed by atoms with Crippen molar-refractivity contribution < 1.29 is 19.1 Å². The Hall–Kier alpha value is -4.03. The highest BCUT2D eigenvalue weighted by Crippen LogP contribution is 2.30. The van der Waals surface area contributed by atoms with Crippen LogP contribution in [0.5, 0.6) is 5.75 Å². The zero-order chi connectivity index (χ0) is 28.8. The minimum Gasteiger partial charge on any atom is -0.497 e. The number of rotatable bonds is 7. The van der Waals surface area contributed by atoms with Crippen molar-refractivity contribution in [1.29, 1.82) is 0 Å². The summed E-state index contributed by atoms with van der Waals surface area (Å²) in [7, 11) is 1.60. The van der Waals surface area contributed by atoms with Crippen LogP contribution in [0.4, 0.5) is 11.4 Å². The third-order valence-corrected chi connectivity index (χ3v) is 8.24. The third-order valence-electron chi connectivity index (χ3n) is 7.42. The maximum atomic E-state index is 13.4. The van der Waals surface area contributed by atoms with Crippen molar-refractivity contribution >= 4 is 40.6 Å². The Labute approximate surface area is 243 Å². The molecule has 2 saturated heterocycles. The van der Waals surface area contributed by atoms with Gasteiger partial charge in [-0.1, -0.05) is 16.6 Å². The molecule has 0 aliphatic carbocycles. The van der Waals surface area contributed by atoms with Gasteiger partial charge in [0.05, 0.1) is 30.6 Å². The average Bonchev–Trinajstić information content (AvgIpc) is 3.24. The molecule has 216 valence electrons. The monoisotopic (exact) mass is 577 g/mol. The summed E-state index contributed by atoms with van der Waals surface area (Å²) in [6.45, 7) is 7.00. The van der Waals surface area contributed by atoms with Crippen LogP contribution < -0.4 is 20.3 Å². The van der Waals surface area contributed by atoms with Gasteiger partial charge in [-0.2, -0.15) is 0 Å². The molecule has 12 heteroatoms. The SMILES string of the molecule is COc1ccc(CC(=O)Nc2cc(C(=O)N3CCCNCC3)ccc2N2CCN(C(=O)c3snnc3C)CC2)cc1. The molecule has 0 unspecified atom stereocenters. The highest BCUT2D eigenvalue weighted by Gasteiger charge is 2.27. The second-order valence-corrected chi connectivity index (χ2v) is 10.9. The van der Waals surface area contributed by atoms with E-state index in [1.165, 1.54) is 0 Å². The quantitative estimate of drug-likeness (QED) is 0.440. The minimum atomic E-state index is -0.179. The van der Waals surface area contributed by atoms with Crippen LogP contribution in [0.2, 0.25) is 0 Å². The van der Waals surface area contributed by atoms with Crippen LogP contribution in [0.1, 0.15) is 37.7 Å². The number of ether oxygens (including phenoxy) is 1. The van der Waals surface area contributed by atoms with Crippen molar-refractivity contribution in [2.45, 2.75) is 19.8 Å². The Morgan fingerprint density at radius 3 is 2.41 bits per heavy atom. The highest BCUT2D eigenvalue weighted by molar-refractivity contribution is 7.07. The molecule has 2 N–H and O–H groups in total. The minimum absolute atomic E-state index is 0.0464. The highest BCUT2D eigenvalue weighted by atomic mass is 32.1. The smallest absolute Gasteiger partial charge is 0.267 e. The number of aryl methyl sites for hydroxylation is 1. The molecule has 2 aliphatic rings. The number of piperazine rings is 1. The molecule has 0 spiro atoms. The normalized spacial score (nSPS) is 15.8. The maximum absolute atomic E-state index is 13.4. The summed E-state index contributed by atoms with van der Waals surface area (Å²) in [6.07, 6.45) is 1.08. The lowest BCUT2D eigenvalue weighted by Gasteiger charge is -2.37. The van der Waals surface area contributed by atoms with E-state index in [1.54, 1.807) is 20.1 Å². The summed E-state index contributed by atoms with van der Waals surface area (Å²) in [5.74, 6) is 0.445. The molecule has 2 fully saturated rings. The molecule has 3 aromatic rings. The molecule has 41 heavy (non-hydrogen) atoms. The number of hydrogen-bond acceptors (Lipinski definition) is 9. The number of carbonyl (C=O) groups excluding carboxylic acids is 3. The number of nitrogens with zero attached hydrogens (tertiary/aromatic N) is 5. The summed E-state index contributed by atoms with van der Waals surface area (Å²) in [4.78, 5) is 45.9. The van der Waals surface area contributed by atoms with Crippen molar-refractivity contribution in [3.63, 3.8) is 0 Å². The first-order valence-electron chi connectivity index (χ1n) is 13.8. The molecule has 0 saturated carbocycles. The molecule has 0 radical (unpaired) electrons. The second-order valence-electron chi connectivity index (χ2n) is 10.2. The van der Waals surface area contributed by atoms with Crippen LogP contribution >= 0.6 is 11.5 Å². The number of methoxy groups -OCH3 is 1. The van der Waals surface area contributed by atoms with Crippen LogP contribution in [0.25, 0.3) is 0 Å². The van der Waals surface area contributed by atoms with Crippen LogP contribution in [-0.2, 0) is 11.2 Å². The summed E-state index contributed by atoms with van der Waals surface area (Å²) < 4.78 is 9.11. The van der Waals surface area contributed by atoms with Gasteiger partial charge < -0.3 is 30.1 Å². The van der Waals surface area contributed by atoms with Gasteiger partial charge in [0.1, 0.15) is 10.6 Å². The maximum Gasteiger partial charge on any atom is 0.267 e. The van der Waals surface area contributed by atoms with E-state index in [0.717, 1.165) is 48.0 Å². The van der Waals surface area contributed by atoms with Crippen LogP contribution in [0, 0.1) is 6.92 Å². The lowest BCUT2D eigenvalue weighted by Crippen LogP contribution is -2.49. The molecular formula is C29H35N7O4S. The molecule has 3 heterocycles. The van der Waals surface area contributed by atoms with Crippen LogP contribution in [0.3, 0.4) is 0 Å². The van der Waals surface area contributed by atoms with Gasteiger partial charge in [0, 0.05) is 51.4 Å². The standard InChI is InChI=1S/C29H35N7O4S/c1-20-27(41-33-32-20)29(39)36-16-14-34(15-17-36)25-9-6-22(28(38)35-12-3-10-30-11-13-35)19-24(25)31-26(37)18-21-4-7-23(40-2)8-5-21/h4-9,19,30H,3,10-18H2,1-2H3,(H,31,37). The molecule has 2 aliphatic heterocycles. The topological polar surface area (TPSA) is 120 Å². The zero-order valence-electron chi connectivity index (χ0n) is 23.4. The van der Waals surface area contributed by atoms with E-state index < -0.39 is 0 Å². The lowest BCUT2D eigenvalue weighted by molar-refractivity contribution is -0.115. The fraction of sp³-hybridized carbons (Fsp3) is 0.414. The van der Waals surface area contributed by atoms with Crippen molar-refractivity contribution in [3.8, 4) is 5.75 Å². The molecule has 5 rings (SSSR count). The Balaban J connectivity index is 1.34. The van der Waals surface area contributed by atoms with Crippen molar-refractivity contribution in [2.75, 3.05) is 69.7 Å². The first-order valence-corrected chi connectivity index (χ1v) is 14.6. The number of benzene rings is 2. The first kappa shape index (κ1) is 28.5. The fourth-order valence-corrected chi connectivity index (χ4v) is 5.75. The van der Waals surface area contributed by atoms with Crippen LogP contribution in [0.15, 0.2) is 42.5 Å². The predicted molar refractivity (Wildman–Crippen MR) is 158 cm³/mol. The fourth-order valence-electron chi connectivity index (χ4n) is 5.12.